The SMILES string of the molecule is CCN(CCN)C1(C)OO1. The van der Waals surface area contributed by atoms with E-state index in [-0.39, 0.29) is 0 Å². The molecule has 1 heterocycles. The van der Waals surface area contributed by atoms with E-state index >= 15 is 0 Å². The zero-order valence-corrected chi connectivity index (χ0v) is 6.46. The van der Waals surface area contributed by atoms with Crippen LogP contribution in [0.5, 0.6) is 0 Å². The molecule has 1 fully saturated rings. The third-order valence-electron chi connectivity index (χ3n) is 1.68. The minimum atomic E-state index is -0.478. The van der Waals surface area contributed by atoms with Crippen molar-refractivity contribution in [2.24, 2.45) is 5.73 Å². The minimum absolute atomic E-state index is 0.478. The van der Waals surface area contributed by atoms with Gasteiger partial charge in [0.15, 0.2) is 0 Å². The quantitative estimate of drug-likeness (QED) is 0.444. The smallest absolute Gasteiger partial charge is 0.287 e. The Morgan fingerprint density at radius 3 is 2.40 bits per heavy atom. The van der Waals surface area contributed by atoms with Crippen LogP contribution in [0.15, 0.2) is 0 Å². The van der Waals surface area contributed by atoms with E-state index in [9.17, 15) is 0 Å². The predicted molar refractivity (Wildman–Crippen MR) is 36.9 cm³/mol. The lowest BCUT2D eigenvalue weighted by molar-refractivity contribution is 0.0850. The highest BCUT2D eigenvalue weighted by Crippen LogP contribution is 2.31. The largest absolute Gasteiger partial charge is 0.329 e. The van der Waals surface area contributed by atoms with E-state index in [1.165, 1.54) is 0 Å². The third kappa shape index (κ3) is 1.46. The molecular formula is C6H14N2O2. The summed E-state index contributed by atoms with van der Waals surface area (Å²) < 4.78 is 0. The molecule has 0 radical (unpaired) electrons. The van der Waals surface area contributed by atoms with Crippen molar-refractivity contribution in [3.8, 4) is 0 Å². The number of nitrogens with two attached hydrogens (primary N) is 1. The fourth-order valence-corrected chi connectivity index (χ4v) is 0.970. The van der Waals surface area contributed by atoms with E-state index in [1.807, 2.05) is 18.7 Å². The van der Waals surface area contributed by atoms with Crippen LogP contribution in [0.1, 0.15) is 13.8 Å². The van der Waals surface area contributed by atoms with E-state index in [2.05, 4.69) is 0 Å². The van der Waals surface area contributed by atoms with Crippen molar-refractivity contribution in [2.75, 3.05) is 19.6 Å². The van der Waals surface area contributed by atoms with Gasteiger partial charge in [-0.25, -0.2) is 4.90 Å². The molecular weight excluding hydrogens is 132 g/mol. The topological polar surface area (TPSA) is 54.3 Å². The fraction of sp³-hybridized carbons (Fsp3) is 1.00. The number of hydrogen-bond acceptors (Lipinski definition) is 4. The molecule has 0 bridgehead atoms. The van der Waals surface area contributed by atoms with Crippen LogP contribution in [-0.4, -0.2) is 30.4 Å². The van der Waals surface area contributed by atoms with Gasteiger partial charge in [-0.2, -0.15) is 9.78 Å². The average molecular weight is 146 g/mol. The summed E-state index contributed by atoms with van der Waals surface area (Å²) in [6.07, 6.45) is 0. The zero-order valence-electron chi connectivity index (χ0n) is 6.46. The Morgan fingerprint density at radius 2 is 2.10 bits per heavy atom. The third-order valence-corrected chi connectivity index (χ3v) is 1.68. The van der Waals surface area contributed by atoms with Crippen LogP contribution >= 0.6 is 0 Å². The Balaban J connectivity index is 2.33. The van der Waals surface area contributed by atoms with Gasteiger partial charge in [-0.05, 0) is 0 Å². The van der Waals surface area contributed by atoms with E-state index in [1.54, 1.807) is 0 Å². The predicted octanol–water partition coefficient (Wildman–Crippen LogP) is -0.0975. The van der Waals surface area contributed by atoms with Gasteiger partial charge in [0.1, 0.15) is 0 Å². The van der Waals surface area contributed by atoms with Crippen LogP contribution in [0.3, 0.4) is 0 Å². The summed E-state index contributed by atoms with van der Waals surface area (Å²) in [7, 11) is 0. The number of hydrogen-bond donors (Lipinski definition) is 1. The van der Waals surface area contributed by atoms with Gasteiger partial charge in [0.2, 0.25) is 0 Å². The van der Waals surface area contributed by atoms with Gasteiger partial charge in [0, 0.05) is 26.6 Å². The molecule has 2 N–H and O–H groups in total. The summed E-state index contributed by atoms with van der Waals surface area (Å²) in [5.41, 5.74) is 5.38. The lowest BCUT2D eigenvalue weighted by Crippen LogP contribution is -2.39. The standard InChI is InChI=1S/C6H14N2O2/c1-3-8(5-4-7)6(2)9-10-6/h3-5,7H2,1-2H3. The van der Waals surface area contributed by atoms with Gasteiger partial charge in [0.25, 0.3) is 5.91 Å². The van der Waals surface area contributed by atoms with E-state index in [0.29, 0.717) is 6.54 Å². The average Bonchev–Trinajstić information content (AvgIpc) is 2.64. The molecule has 0 amide bonds. The van der Waals surface area contributed by atoms with Gasteiger partial charge in [-0.15, -0.1) is 0 Å². The number of rotatable bonds is 4. The Hall–Kier alpha value is -0.160. The van der Waals surface area contributed by atoms with Gasteiger partial charge < -0.3 is 5.73 Å². The molecule has 60 valence electrons. The molecule has 4 nitrogen and oxygen atoms in total. The minimum Gasteiger partial charge on any atom is -0.329 e. The molecule has 1 aliphatic rings. The van der Waals surface area contributed by atoms with Crippen molar-refractivity contribution in [2.45, 2.75) is 19.8 Å². The van der Waals surface area contributed by atoms with E-state index in [4.69, 9.17) is 15.5 Å². The van der Waals surface area contributed by atoms with Crippen molar-refractivity contribution in [1.29, 1.82) is 0 Å². The molecule has 4 heteroatoms. The highest BCUT2D eigenvalue weighted by molar-refractivity contribution is 4.69. The Morgan fingerprint density at radius 1 is 1.50 bits per heavy atom. The van der Waals surface area contributed by atoms with E-state index < -0.39 is 5.91 Å². The first-order valence-electron chi connectivity index (χ1n) is 3.55. The van der Waals surface area contributed by atoms with Gasteiger partial charge >= 0.3 is 0 Å². The molecule has 1 saturated heterocycles. The highest BCUT2D eigenvalue weighted by atomic mass is 17.4. The molecule has 0 saturated carbocycles. The summed E-state index contributed by atoms with van der Waals surface area (Å²) in [6.45, 7) is 6.27. The molecule has 1 aliphatic heterocycles. The maximum Gasteiger partial charge on any atom is 0.287 e. The van der Waals surface area contributed by atoms with Crippen molar-refractivity contribution in [3.05, 3.63) is 0 Å². The van der Waals surface area contributed by atoms with Crippen LogP contribution in [0.4, 0.5) is 0 Å². The van der Waals surface area contributed by atoms with Crippen molar-refractivity contribution in [3.63, 3.8) is 0 Å². The van der Waals surface area contributed by atoms with Crippen LogP contribution in [0, 0.1) is 0 Å². The summed E-state index contributed by atoms with van der Waals surface area (Å²) in [5.74, 6) is -0.478. The summed E-state index contributed by atoms with van der Waals surface area (Å²) in [4.78, 5) is 11.6. The first-order chi connectivity index (χ1) is 4.73. The van der Waals surface area contributed by atoms with Crippen molar-refractivity contribution < 1.29 is 9.78 Å². The molecule has 0 aromatic heterocycles. The van der Waals surface area contributed by atoms with Crippen LogP contribution in [0.25, 0.3) is 0 Å². The second-order valence-electron chi connectivity index (χ2n) is 2.43. The summed E-state index contributed by atoms with van der Waals surface area (Å²) >= 11 is 0. The molecule has 0 aromatic rings. The van der Waals surface area contributed by atoms with Crippen molar-refractivity contribution in [1.82, 2.24) is 4.90 Å². The molecule has 0 atom stereocenters. The van der Waals surface area contributed by atoms with E-state index in [0.717, 1.165) is 13.1 Å². The highest BCUT2D eigenvalue weighted by Gasteiger charge is 2.48. The Bertz CT molecular complexity index is 114. The lowest BCUT2D eigenvalue weighted by atomic mass is 10.4. The fourth-order valence-electron chi connectivity index (χ4n) is 0.970. The Kier molecular flexibility index (Phi) is 2.25. The van der Waals surface area contributed by atoms with Crippen LogP contribution in [-0.2, 0) is 9.78 Å². The zero-order chi connectivity index (χ0) is 7.61. The molecule has 0 unspecified atom stereocenters. The monoisotopic (exact) mass is 146 g/mol. The molecule has 1 rings (SSSR count). The van der Waals surface area contributed by atoms with Gasteiger partial charge in [-0.3, -0.25) is 0 Å². The second kappa shape index (κ2) is 2.84. The Labute approximate surface area is 60.8 Å². The first kappa shape index (κ1) is 7.94. The molecule has 0 aromatic carbocycles. The van der Waals surface area contributed by atoms with Crippen LogP contribution in [0.2, 0.25) is 0 Å². The van der Waals surface area contributed by atoms with Crippen molar-refractivity contribution >= 4 is 0 Å². The maximum atomic E-state index is 5.38. The van der Waals surface area contributed by atoms with Crippen LogP contribution < -0.4 is 5.73 Å². The maximum absolute atomic E-state index is 5.38. The molecule has 0 aliphatic carbocycles. The second-order valence-corrected chi connectivity index (χ2v) is 2.43. The molecule has 10 heavy (non-hydrogen) atoms. The van der Waals surface area contributed by atoms with Gasteiger partial charge in [-0.1, -0.05) is 6.92 Å². The summed E-state index contributed by atoms with van der Waals surface area (Å²) in [6, 6.07) is 0. The summed E-state index contributed by atoms with van der Waals surface area (Å²) in [5, 5.41) is 0. The number of nitrogens with zero attached hydrogens (tertiary/aromatic N) is 1. The molecule has 0 spiro atoms. The normalized spacial score (nSPS) is 21.6. The first-order valence-corrected chi connectivity index (χ1v) is 3.55. The van der Waals surface area contributed by atoms with Gasteiger partial charge in [0.05, 0.1) is 0 Å². The lowest BCUT2D eigenvalue weighted by Gasteiger charge is -2.19. The number of likely N-dealkylation sites (N-methyl/N-ethyl adjacent to an activating group) is 1.